The van der Waals surface area contributed by atoms with E-state index in [1.807, 2.05) is 42.2 Å². The Kier molecular flexibility index (Phi) is 8.30. The monoisotopic (exact) mass is 562 g/mol. The van der Waals surface area contributed by atoms with E-state index < -0.39 is 11.7 Å². The number of halogens is 3. The molecule has 1 aliphatic rings. The number of amides is 2. The first-order chi connectivity index (χ1) is 19.7. The molecule has 1 aromatic heterocycles. The van der Waals surface area contributed by atoms with E-state index in [0.717, 1.165) is 55.0 Å². The summed E-state index contributed by atoms with van der Waals surface area (Å²) in [7, 11) is 0. The van der Waals surface area contributed by atoms with Gasteiger partial charge in [-0.05, 0) is 61.7 Å². The number of nitrogens with zero attached hydrogens (tertiary/aromatic N) is 3. The molecule has 0 spiro atoms. The van der Waals surface area contributed by atoms with E-state index >= 15 is 0 Å². The second-order valence-corrected chi connectivity index (χ2v) is 10.4. The highest BCUT2D eigenvalue weighted by atomic mass is 19.4. The van der Waals surface area contributed by atoms with Gasteiger partial charge in [-0.25, -0.2) is 9.78 Å². The molecule has 4 N–H and O–H groups in total. The number of hydrogen-bond donors (Lipinski definition) is 3. The summed E-state index contributed by atoms with van der Waals surface area (Å²) in [6, 6.07) is 22.0. The molecule has 0 aliphatic carbocycles. The number of carbonyl (C=O) groups is 1. The minimum absolute atomic E-state index is 0.0585. The molecule has 4 aromatic rings. The van der Waals surface area contributed by atoms with E-state index in [0.29, 0.717) is 35.9 Å². The van der Waals surface area contributed by atoms with Crippen molar-refractivity contribution in [2.75, 3.05) is 24.1 Å². The average molecular weight is 563 g/mol. The fourth-order valence-electron chi connectivity index (χ4n) is 5.11. The van der Waals surface area contributed by atoms with Crippen molar-refractivity contribution in [1.82, 2.24) is 19.8 Å². The van der Waals surface area contributed by atoms with Crippen LogP contribution < -0.4 is 11.1 Å². The Labute approximate surface area is 237 Å². The van der Waals surface area contributed by atoms with Crippen molar-refractivity contribution in [3.63, 3.8) is 0 Å². The fourth-order valence-corrected chi connectivity index (χ4v) is 5.11. The molecule has 10 heteroatoms. The third-order valence-electron chi connectivity index (χ3n) is 7.46. The molecule has 1 aliphatic heterocycles. The van der Waals surface area contributed by atoms with Crippen LogP contribution in [0.25, 0.3) is 11.4 Å². The number of imidazole rings is 1. The highest BCUT2D eigenvalue weighted by Gasteiger charge is 2.31. The minimum Gasteiger partial charge on any atom is -0.399 e. The zero-order chi connectivity index (χ0) is 29.0. The quantitative estimate of drug-likeness (QED) is 0.219. The number of nitrogens with two attached hydrogens (primary N) is 1. The van der Waals surface area contributed by atoms with Gasteiger partial charge in [-0.15, -0.1) is 0 Å². The maximum atomic E-state index is 13.4. The van der Waals surface area contributed by atoms with Crippen LogP contribution >= 0.6 is 0 Å². The second-order valence-electron chi connectivity index (χ2n) is 10.4. The first-order valence-corrected chi connectivity index (χ1v) is 13.6. The Balaban J connectivity index is 1.23. The molecule has 5 rings (SSSR count). The van der Waals surface area contributed by atoms with Crippen LogP contribution in [0.4, 0.5) is 29.3 Å². The Hall–Kier alpha value is -4.31. The molecule has 0 radical (unpaired) electrons. The number of urea groups is 1. The van der Waals surface area contributed by atoms with Crippen molar-refractivity contribution < 1.29 is 18.0 Å². The van der Waals surface area contributed by atoms with Crippen molar-refractivity contribution in [3.05, 3.63) is 101 Å². The Bertz CT molecular complexity index is 1440. The number of likely N-dealkylation sites (tertiary alicyclic amines) is 1. The molecule has 41 heavy (non-hydrogen) atoms. The lowest BCUT2D eigenvalue weighted by Gasteiger charge is -2.38. The summed E-state index contributed by atoms with van der Waals surface area (Å²) in [6.45, 7) is 4.61. The number of nitrogen functional groups attached to an aromatic ring is 1. The largest absolute Gasteiger partial charge is 0.416 e. The number of nitrogens with one attached hydrogen (secondary N) is 2. The molecule has 7 nitrogen and oxygen atoms in total. The molecular weight excluding hydrogens is 529 g/mol. The van der Waals surface area contributed by atoms with Crippen molar-refractivity contribution in [2.24, 2.45) is 0 Å². The van der Waals surface area contributed by atoms with Gasteiger partial charge in [0, 0.05) is 54.9 Å². The van der Waals surface area contributed by atoms with Crippen LogP contribution in [-0.2, 0) is 19.3 Å². The lowest BCUT2D eigenvalue weighted by Crippen LogP contribution is -2.48. The summed E-state index contributed by atoms with van der Waals surface area (Å²) in [5, 5.41) is 3.02. The molecule has 0 saturated carbocycles. The number of hydrogen-bond acceptors (Lipinski definition) is 4. The van der Waals surface area contributed by atoms with E-state index in [1.54, 1.807) is 24.3 Å². The number of benzene rings is 3. The predicted octanol–water partition coefficient (Wildman–Crippen LogP) is 6.68. The lowest BCUT2D eigenvalue weighted by atomic mass is 10.0. The molecule has 1 saturated heterocycles. The summed E-state index contributed by atoms with van der Waals surface area (Å²) in [6.07, 6.45) is -2.77. The molecule has 0 atom stereocenters. The van der Waals surface area contributed by atoms with E-state index in [9.17, 15) is 18.0 Å². The fraction of sp³-hybridized carbons (Fsp3) is 0.290. The number of H-pyrrole nitrogens is 1. The Morgan fingerprint density at radius 2 is 1.68 bits per heavy atom. The van der Waals surface area contributed by atoms with Crippen molar-refractivity contribution in [3.8, 4) is 11.4 Å². The number of rotatable bonds is 7. The third-order valence-corrected chi connectivity index (χ3v) is 7.46. The highest BCUT2D eigenvalue weighted by Crippen LogP contribution is 2.31. The molecule has 3 aromatic carbocycles. The van der Waals surface area contributed by atoms with Crippen LogP contribution in [0.5, 0.6) is 0 Å². The predicted molar refractivity (Wildman–Crippen MR) is 154 cm³/mol. The van der Waals surface area contributed by atoms with Crippen LogP contribution in [0.1, 0.15) is 35.4 Å². The molecule has 1 fully saturated rings. The average Bonchev–Trinajstić information content (AvgIpc) is 3.33. The third kappa shape index (κ3) is 7.07. The zero-order valence-corrected chi connectivity index (χ0v) is 22.8. The number of piperidine rings is 1. The number of aromatic nitrogens is 2. The highest BCUT2D eigenvalue weighted by molar-refractivity contribution is 5.89. The van der Waals surface area contributed by atoms with E-state index in [1.165, 1.54) is 12.1 Å². The lowest BCUT2D eigenvalue weighted by molar-refractivity contribution is -0.137. The summed E-state index contributed by atoms with van der Waals surface area (Å²) in [4.78, 5) is 25.5. The molecule has 2 amide bonds. The SMILES string of the molecule is Cc1[nH]c(-c2ccc(C(F)(F)F)cc2)nc1CN1CCC(N(Cc2ccccc2)C(=O)Nc2ccc(N)cc2)CC1. The molecule has 2 heterocycles. The van der Waals surface area contributed by atoms with E-state index in [4.69, 9.17) is 10.7 Å². The van der Waals surface area contributed by atoms with Gasteiger partial charge in [0.05, 0.1) is 11.3 Å². The standard InChI is InChI=1S/C31H33F3N6O/c1-21-28(38-29(36-21)23-7-9-24(10-8-23)31(32,33)34)20-39-17-15-27(16-18-39)40(19-22-5-3-2-4-6-22)30(41)37-26-13-11-25(35)12-14-26/h2-14,27H,15-20,35H2,1H3,(H,36,38)(H,37,41). The van der Waals surface area contributed by atoms with Gasteiger partial charge < -0.3 is 20.9 Å². The molecular formula is C31H33F3N6O. The Morgan fingerprint density at radius 3 is 2.32 bits per heavy atom. The minimum atomic E-state index is -4.37. The van der Waals surface area contributed by atoms with Crippen molar-refractivity contribution in [2.45, 2.75) is 45.1 Å². The van der Waals surface area contributed by atoms with Gasteiger partial charge in [0.2, 0.25) is 0 Å². The topological polar surface area (TPSA) is 90.3 Å². The first-order valence-electron chi connectivity index (χ1n) is 13.6. The maximum absolute atomic E-state index is 13.4. The molecule has 0 bridgehead atoms. The number of alkyl halides is 3. The number of aryl methyl sites for hydroxylation is 1. The summed E-state index contributed by atoms with van der Waals surface area (Å²) >= 11 is 0. The van der Waals surface area contributed by atoms with Gasteiger partial charge in [-0.1, -0.05) is 42.5 Å². The van der Waals surface area contributed by atoms with Crippen LogP contribution in [0.15, 0.2) is 78.9 Å². The zero-order valence-electron chi connectivity index (χ0n) is 22.8. The number of carbonyl (C=O) groups excluding carboxylic acids is 1. The van der Waals surface area contributed by atoms with Gasteiger partial charge in [0.25, 0.3) is 0 Å². The first kappa shape index (κ1) is 28.2. The van der Waals surface area contributed by atoms with Gasteiger partial charge in [0.1, 0.15) is 5.82 Å². The van der Waals surface area contributed by atoms with Crippen molar-refractivity contribution >= 4 is 17.4 Å². The molecule has 214 valence electrons. The van der Waals surface area contributed by atoms with Gasteiger partial charge in [-0.3, -0.25) is 4.90 Å². The Morgan fingerprint density at radius 1 is 1.02 bits per heavy atom. The van der Waals surface area contributed by atoms with Gasteiger partial charge >= 0.3 is 12.2 Å². The van der Waals surface area contributed by atoms with E-state index in [2.05, 4.69) is 15.2 Å². The van der Waals surface area contributed by atoms with Crippen LogP contribution in [-0.4, -0.2) is 44.9 Å². The summed E-state index contributed by atoms with van der Waals surface area (Å²) < 4.78 is 38.8. The van der Waals surface area contributed by atoms with Crippen molar-refractivity contribution in [1.29, 1.82) is 0 Å². The number of anilines is 2. The normalized spacial score (nSPS) is 14.6. The van der Waals surface area contributed by atoms with Crippen LogP contribution in [0.2, 0.25) is 0 Å². The summed E-state index contributed by atoms with van der Waals surface area (Å²) in [5.41, 5.74) is 9.85. The smallest absolute Gasteiger partial charge is 0.399 e. The van der Waals surface area contributed by atoms with Crippen LogP contribution in [0, 0.1) is 6.92 Å². The second kappa shape index (κ2) is 12.1. The van der Waals surface area contributed by atoms with E-state index in [-0.39, 0.29) is 12.1 Å². The number of aromatic amines is 1. The van der Waals surface area contributed by atoms with Crippen LogP contribution in [0.3, 0.4) is 0 Å². The summed E-state index contributed by atoms with van der Waals surface area (Å²) in [5.74, 6) is 0.550. The van der Waals surface area contributed by atoms with Gasteiger partial charge in [-0.2, -0.15) is 13.2 Å². The van der Waals surface area contributed by atoms with Gasteiger partial charge in [0.15, 0.2) is 0 Å². The molecule has 0 unspecified atom stereocenters. The maximum Gasteiger partial charge on any atom is 0.416 e.